The molecule has 0 amide bonds. The molecule has 3 atom stereocenters. The average molecular weight is 308 g/mol. The average Bonchev–Trinajstić information content (AvgIpc) is 2.85. The van der Waals surface area contributed by atoms with Gasteiger partial charge in [-0.1, -0.05) is 0 Å². The molecule has 1 aromatic heterocycles. The number of piperidine rings is 1. The smallest absolute Gasteiger partial charge is 0.303 e. The maximum absolute atomic E-state index is 11.0. The molecule has 0 radical (unpaired) electrons. The summed E-state index contributed by atoms with van der Waals surface area (Å²) in [6.07, 6.45) is 4.84. The number of nitrogens with zero attached hydrogens (tertiary/aromatic N) is 2. The van der Waals surface area contributed by atoms with Crippen molar-refractivity contribution in [3.8, 4) is 0 Å². The molecule has 2 aliphatic rings. The molecule has 116 valence electrons. The number of carboxylic acids is 1. The molecule has 1 N–H and O–H groups in total. The molecule has 0 spiro atoms. The van der Waals surface area contributed by atoms with Gasteiger partial charge in [0.2, 0.25) is 0 Å². The Labute approximate surface area is 130 Å². The lowest BCUT2D eigenvalue weighted by atomic mass is 9.87. The fourth-order valence-corrected chi connectivity index (χ4v) is 5.35. The van der Waals surface area contributed by atoms with Crippen molar-refractivity contribution >= 4 is 17.3 Å². The van der Waals surface area contributed by atoms with E-state index < -0.39 is 5.97 Å². The van der Waals surface area contributed by atoms with Crippen molar-refractivity contribution in [1.29, 1.82) is 0 Å². The molecule has 2 bridgehead atoms. The highest BCUT2D eigenvalue weighted by Crippen LogP contribution is 2.44. The molecule has 0 aliphatic carbocycles. The third-order valence-electron chi connectivity index (χ3n) is 5.13. The van der Waals surface area contributed by atoms with Crippen molar-refractivity contribution in [3.63, 3.8) is 0 Å². The van der Waals surface area contributed by atoms with E-state index in [1.54, 1.807) is 11.3 Å². The number of carbonyl (C=O) groups is 1. The topological polar surface area (TPSA) is 53.4 Å². The van der Waals surface area contributed by atoms with Gasteiger partial charge in [0.05, 0.1) is 16.7 Å². The van der Waals surface area contributed by atoms with Crippen LogP contribution >= 0.6 is 11.3 Å². The van der Waals surface area contributed by atoms with Crippen molar-refractivity contribution in [2.75, 3.05) is 0 Å². The number of rotatable bonds is 4. The lowest BCUT2D eigenvalue weighted by molar-refractivity contribution is -0.138. The first kappa shape index (κ1) is 15.0. The van der Waals surface area contributed by atoms with Gasteiger partial charge in [-0.25, -0.2) is 4.98 Å². The number of aliphatic carboxylic acids is 1. The van der Waals surface area contributed by atoms with E-state index in [1.165, 1.54) is 23.4 Å². The van der Waals surface area contributed by atoms with Gasteiger partial charge >= 0.3 is 5.97 Å². The molecule has 3 rings (SSSR count). The normalized spacial score (nSPS) is 30.5. The van der Waals surface area contributed by atoms with Gasteiger partial charge in [-0.05, 0) is 52.4 Å². The van der Waals surface area contributed by atoms with Crippen LogP contribution in [0.1, 0.15) is 60.6 Å². The highest BCUT2D eigenvalue weighted by atomic mass is 32.1. The van der Waals surface area contributed by atoms with Gasteiger partial charge in [0, 0.05) is 23.4 Å². The zero-order valence-electron chi connectivity index (χ0n) is 13.0. The van der Waals surface area contributed by atoms with Crippen LogP contribution in [0.2, 0.25) is 0 Å². The highest BCUT2D eigenvalue weighted by molar-refractivity contribution is 7.11. The van der Waals surface area contributed by atoms with Gasteiger partial charge in [0.1, 0.15) is 0 Å². The van der Waals surface area contributed by atoms with E-state index in [4.69, 9.17) is 10.1 Å². The molecule has 2 aliphatic heterocycles. The number of thiazole rings is 1. The van der Waals surface area contributed by atoms with Crippen molar-refractivity contribution in [2.45, 2.75) is 71.0 Å². The minimum atomic E-state index is -0.646. The molecule has 0 aromatic carbocycles. The van der Waals surface area contributed by atoms with E-state index in [0.717, 1.165) is 17.8 Å². The van der Waals surface area contributed by atoms with Gasteiger partial charge in [-0.3, -0.25) is 9.69 Å². The van der Waals surface area contributed by atoms with Gasteiger partial charge < -0.3 is 5.11 Å². The third-order valence-corrected chi connectivity index (χ3v) is 6.03. The molecule has 3 unspecified atom stereocenters. The summed E-state index contributed by atoms with van der Waals surface area (Å²) in [6.45, 7) is 6.50. The summed E-state index contributed by atoms with van der Waals surface area (Å²) in [5.74, 6) is -0.284. The van der Waals surface area contributed by atoms with Crippen molar-refractivity contribution < 1.29 is 9.90 Å². The van der Waals surface area contributed by atoms with Crippen LogP contribution in [0.5, 0.6) is 0 Å². The number of aryl methyl sites for hydroxylation is 2. The predicted molar refractivity (Wildman–Crippen MR) is 83.6 cm³/mol. The molecular formula is C16H24N2O2S. The fourth-order valence-electron chi connectivity index (χ4n) is 4.45. The number of carboxylic acid groups (broad SMARTS) is 1. The van der Waals surface area contributed by atoms with Crippen molar-refractivity contribution in [3.05, 3.63) is 15.6 Å². The molecule has 1 aromatic rings. The summed E-state index contributed by atoms with van der Waals surface area (Å²) in [5.41, 5.74) is 1.23. The first-order valence-corrected chi connectivity index (χ1v) is 8.70. The molecule has 3 heterocycles. The van der Waals surface area contributed by atoms with Crippen LogP contribution < -0.4 is 0 Å². The zero-order valence-corrected chi connectivity index (χ0v) is 13.8. The van der Waals surface area contributed by atoms with Gasteiger partial charge in [-0.2, -0.15) is 0 Å². The van der Waals surface area contributed by atoms with E-state index in [1.807, 2.05) is 0 Å². The van der Waals surface area contributed by atoms with E-state index >= 15 is 0 Å². The van der Waals surface area contributed by atoms with E-state index in [2.05, 4.69) is 25.7 Å². The Morgan fingerprint density at radius 1 is 1.38 bits per heavy atom. The first-order chi connectivity index (χ1) is 9.95. The number of hydrogen-bond donors (Lipinski definition) is 1. The predicted octanol–water partition coefficient (Wildman–Crippen LogP) is 3.54. The Balaban J connectivity index is 1.76. The zero-order chi connectivity index (χ0) is 15.1. The van der Waals surface area contributed by atoms with Gasteiger partial charge in [0.25, 0.3) is 0 Å². The Bertz CT molecular complexity index is 528. The number of hydrogen-bond acceptors (Lipinski definition) is 4. The molecular weight excluding hydrogens is 284 g/mol. The molecule has 2 saturated heterocycles. The van der Waals surface area contributed by atoms with Gasteiger partial charge in [0.15, 0.2) is 0 Å². The fraction of sp³-hybridized carbons (Fsp3) is 0.750. The van der Waals surface area contributed by atoms with E-state index in [9.17, 15) is 4.79 Å². The van der Waals surface area contributed by atoms with E-state index in [-0.39, 0.29) is 0 Å². The minimum absolute atomic E-state index is 0.337. The van der Waals surface area contributed by atoms with Crippen LogP contribution in [0, 0.1) is 19.8 Å². The van der Waals surface area contributed by atoms with Crippen LogP contribution in [0.15, 0.2) is 0 Å². The summed E-state index contributed by atoms with van der Waals surface area (Å²) in [4.78, 5) is 19.6. The molecule has 4 nitrogen and oxygen atoms in total. The van der Waals surface area contributed by atoms with E-state index in [0.29, 0.717) is 30.5 Å². The first-order valence-electron chi connectivity index (χ1n) is 7.89. The maximum Gasteiger partial charge on any atom is 0.303 e. The second-order valence-electron chi connectivity index (χ2n) is 6.62. The molecule has 2 fully saturated rings. The van der Waals surface area contributed by atoms with Gasteiger partial charge in [-0.15, -0.1) is 11.3 Å². The lowest BCUT2D eigenvalue weighted by Crippen LogP contribution is -2.44. The maximum atomic E-state index is 11.0. The molecule has 0 saturated carbocycles. The summed E-state index contributed by atoms with van der Waals surface area (Å²) in [6, 6.07) is 1.45. The van der Waals surface area contributed by atoms with Crippen LogP contribution in [0.3, 0.4) is 0 Å². The summed E-state index contributed by atoms with van der Waals surface area (Å²) in [7, 11) is 0. The quantitative estimate of drug-likeness (QED) is 0.924. The minimum Gasteiger partial charge on any atom is -0.481 e. The molecule has 5 heteroatoms. The lowest BCUT2D eigenvalue weighted by Gasteiger charge is -2.42. The van der Waals surface area contributed by atoms with Crippen LogP contribution in [0.4, 0.5) is 0 Å². The Morgan fingerprint density at radius 2 is 2.00 bits per heavy atom. The Hall–Kier alpha value is -0.940. The summed E-state index contributed by atoms with van der Waals surface area (Å²) in [5, 5.41) is 10.2. The standard InChI is InChI=1S/C16H24N2O2S/c1-9(16-10(2)21-11(3)17-16)18-13-4-5-14(18)7-12(6-13)8-15(19)20/h9,12-14H,4-8H2,1-3H3,(H,19,20). The Morgan fingerprint density at radius 3 is 2.48 bits per heavy atom. The summed E-state index contributed by atoms with van der Waals surface area (Å²) < 4.78 is 0. The summed E-state index contributed by atoms with van der Waals surface area (Å²) >= 11 is 1.78. The highest BCUT2D eigenvalue weighted by Gasteiger charge is 2.44. The van der Waals surface area contributed by atoms with Crippen molar-refractivity contribution in [2.24, 2.45) is 5.92 Å². The van der Waals surface area contributed by atoms with Crippen LogP contribution in [0.25, 0.3) is 0 Å². The second-order valence-corrected chi connectivity index (χ2v) is 8.03. The van der Waals surface area contributed by atoms with Crippen molar-refractivity contribution in [1.82, 2.24) is 9.88 Å². The molecule has 21 heavy (non-hydrogen) atoms. The Kier molecular flexibility index (Phi) is 4.06. The second kappa shape index (κ2) is 5.69. The third kappa shape index (κ3) is 2.86. The largest absolute Gasteiger partial charge is 0.481 e. The number of aromatic nitrogens is 1. The SMILES string of the molecule is Cc1nc(C(C)N2C3CCC2CC(CC(=O)O)C3)c(C)s1. The van der Waals surface area contributed by atoms with Crippen LogP contribution in [-0.4, -0.2) is 33.0 Å². The monoisotopic (exact) mass is 308 g/mol. The van der Waals surface area contributed by atoms with Crippen LogP contribution in [-0.2, 0) is 4.79 Å². The number of fused-ring (bicyclic) bond motifs is 2.